The monoisotopic (exact) mass is 371 g/mol. The molecular weight excluding hydrogens is 358 g/mol. The predicted molar refractivity (Wildman–Crippen MR) is 84.3 cm³/mol. The molecule has 1 unspecified atom stereocenters. The van der Waals surface area contributed by atoms with E-state index >= 15 is 0 Å². The minimum absolute atomic E-state index is 0.0186. The van der Waals surface area contributed by atoms with Crippen LogP contribution in [0.3, 0.4) is 0 Å². The summed E-state index contributed by atoms with van der Waals surface area (Å²) >= 11 is 4.94. The van der Waals surface area contributed by atoms with Crippen LogP contribution in [0.1, 0.15) is 24.4 Å². The second kappa shape index (κ2) is 5.60. The molecule has 1 atom stereocenters. The summed E-state index contributed by atoms with van der Waals surface area (Å²) in [6.45, 7) is 0.596. The van der Waals surface area contributed by atoms with Crippen molar-refractivity contribution in [3.63, 3.8) is 0 Å². The Hall–Kier alpha value is -0.690. The van der Waals surface area contributed by atoms with Crippen molar-refractivity contribution >= 4 is 37.3 Å². The number of rotatable bonds is 3. The van der Waals surface area contributed by atoms with Gasteiger partial charge in [-0.25, -0.2) is 8.42 Å². The van der Waals surface area contributed by atoms with Gasteiger partial charge in [0.05, 0.1) is 10.9 Å². The van der Waals surface area contributed by atoms with Gasteiger partial charge in [0.15, 0.2) is 0 Å². The molecule has 0 radical (unpaired) electrons. The Kier molecular flexibility index (Phi) is 3.99. The number of hydrogen-bond donors (Lipinski definition) is 0. The standard InChI is InChI=1S/C14H14BrNO2S2/c15-12-3-5-13(6-4-12)20(17,18)16-8-1-2-14(16)11-7-9-19-10-11/h3-7,9-10,14H,1-2,8H2. The van der Waals surface area contributed by atoms with E-state index in [1.54, 1.807) is 39.9 Å². The van der Waals surface area contributed by atoms with Crippen molar-refractivity contribution in [1.82, 2.24) is 4.31 Å². The fourth-order valence-electron chi connectivity index (χ4n) is 2.57. The van der Waals surface area contributed by atoms with Gasteiger partial charge in [0.25, 0.3) is 0 Å². The molecule has 0 N–H and O–H groups in total. The van der Waals surface area contributed by atoms with Crippen LogP contribution in [0.5, 0.6) is 0 Å². The van der Waals surface area contributed by atoms with Crippen molar-refractivity contribution in [2.75, 3.05) is 6.54 Å². The smallest absolute Gasteiger partial charge is 0.207 e. The molecule has 1 aliphatic heterocycles. The Labute approximate surface area is 131 Å². The number of sulfonamides is 1. The van der Waals surface area contributed by atoms with Crippen molar-refractivity contribution in [2.24, 2.45) is 0 Å². The molecule has 2 aromatic rings. The minimum atomic E-state index is -3.41. The lowest BCUT2D eigenvalue weighted by molar-refractivity contribution is 0.397. The first-order chi connectivity index (χ1) is 9.59. The first-order valence-electron chi connectivity index (χ1n) is 6.38. The van der Waals surface area contributed by atoms with E-state index in [-0.39, 0.29) is 6.04 Å². The molecule has 0 bridgehead atoms. The van der Waals surface area contributed by atoms with E-state index in [0.29, 0.717) is 11.4 Å². The summed E-state index contributed by atoms with van der Waals surface area (Å²) in [5.74, 6) is 0. The SMILES string of the molecule is O=S(=O)(c1ccc(Br)cc1)N1CCCC1c1ccsc1. The molecule has 6 heteroatoms. The second-order valence-corrected chi connectivity index (χ2v) is 8.37. The van der Waals surface area contributed by atoms with Crippen LogP contribution in [0.15, 0.2) is 50.5 Å². The van der Waals surface area contributed by atoms with Gasteiger partial charge in [0.1, 0.15) is 0 Å². The molecule has 106 valence electrons. The molecule has 20 heavy (non-hydrogen) atoms. The lowest BCUT2D eigenvalue weighted by atomic mass is 10.1. The third-order valence-corrected chi connectivity index (χ3v) is 6.70. The molecule has 1 aromatic heterocycles. The van der Waals surface area contributed by atoms with Crippen LogP contribution >= 0.6 is 27.3 Å². The fourth-order valence-corrected chi connectivity index (χ4v) is 5.22. The van der Waals surface area contributed by atoms with E-state index in [1.807, 2.05) is 16.8 Å². The third-order valence-electron chi connectivity index (χ3n) is 3.55. The van der Waals surface area contributed by atoms with Crippen molar-refractivity contribution < 1.29 is 8.42 Å². The van der Waals surface area contributed by atoms with E-state index in [1.165, 1.54) is 0 Å². The van der Waals surface area contributed by atoms with E-state index in [4.69, 9.17) is 0 Å². The quantitative estimate of drug-likeness (QED) is 0.816. The van der Waals surface area contributed by atoms with Gasteiger partial charge in [0.2, 0.25) is 10.0 Å². The number of nitrogens with zero attached hydrogens (tertiary/aromatic N) is 1. The Bertz CT molecular complexity index is 680. The average molecular weight is 372 g/mol. The zero-order valence-electron chi connectivity index (χ0n) is 10.7. The highest BCUT2D eigenvalue weighted by atomic mass is 79.9. The number of thiophene rings is 1. The Balaban J connectivity index is 1.96. The number of hydrogen-bond acceptors (Lipinski definition) is 3. The van der Waals surface area contributed by atoms with Crippen LogP contribution in [0.25, 0.3) is 0 Å². The van der Waals surface area contributed by atoms with E-state index in [9.17, 15) is 8.42 Å². The summed E-state index contributed by atoms with van der Waals surface area (Å²) in [6, 6.07) is 8.84. The van der Waals surface area contributed by atoms with Crippen LogP contribution in [0, 0.1) is 0 Å². The first kappa shape index (κ1) is 14.3. The topological polar surface area (TPSA) is 37.4 Å². The molecule has 0 spiro atoms. The largest absolute Gasteiger partial charge is 0.243 e. The Morgan fingerprint density at radius 1 is 1.20 bits per heavy atom. The summed E-state index contributed by atoms with van der Waals surface area (Å²) in [7, 11) is -3.41. The minimum Gasteiger partial charge on any atom is -0.207 e. The lowest BCUT2D eigenvalue weighted by Crippen LogP contribution is -2.30. The van der Waals surface area contributed by atoms with Gasteiger partial charge < -0.3 is 0 Å². The average Bonchev–Trinajstić information content (AvgIpc) is 3.10. The van der Waals surface area contributed by atoms with Crippen molar-refractivity contribution in [1.29, 1.82) is 0 Å². The van der Waals surface area contributed by atoms with E-state index in [2.05, 4.69) is 15.9 Å². The first-order valence-corrected chi connectivity index (χ1v) is 9.56. The summed E-state index contributed by atoms with van der Waals surface area (Å²) in [5.41, 5.74) is 1.10. The Morgan fingerprint density at radius 3 is 2.60 bits per heavy atom. The van der Waals surface area contributed by atoms with Gasteiger partial charge in [-0.15, -0.1) is 0 Å². The zero-order valence-corrected chi connectivity index (χ0v) is 13.9. The van der Waals surface area contributed by atoms with Gasteiger partial charge in [-0.2, -0.15) is 15.6 Å². The van der Waals surface area contributed by atoms with Crippen molar-refractivity contribution in [3.05, 3.63) is 51.1 Å². The maximum absolute atomic E-state index is 12.8. The van der Waals surface area contributed by atoms with Gasteiger partial charge >= 0.3 is 0 Å². The number of halogens is 1. The molecule has 3 rings (SSSR count). The molecule has 3 nitrogen and oxygen atoms in total. The highest BCUT2D eigenvalue weighted by Crippen LogP contribution is 2.37. The highest BCUT2D eigenvalue weighted by Gasteiger charge is 2.36. The molecule has 1 aliphatic rings. The van der Waals surface area contributed by atoms with Gasteiger partial charge in [0, 0.05) is 11.0 Å². The van der Waals surface area contributed by atoms with Crippen LogP contribution < -0.4 is 0 Å². The van der Waals surface area contributed by atoms with Crippen molar-refractivity contribution in [2.45, 2.75) is 23.8 Å². The van der Waals surface area contributed by atoms with Crippen LogP contribution in [-0.4, -0.2) is 19.3 Å². The molecular formula is C14H14BrNO2S2. The van der Waals surface area contributed by atoms with Gasteiger partial charge in [-0.1, -0.05) is 15.9 Å². The normalized spacial score (nSPS) is 20.4. The van der Waals surface area contributed by atoms with Crippen LogP contribution in [-0.2, 0) is 10.0 Å². The van der Waals surface area contributed by atoms with E-state index < -0.39 is 10.0 Å². The molecule has 2 heterocycles. The molecule has 0 amide bonds. The fraction of sp³-hybridized carbons (Fsp3) is 0.286. The summed E-state index contributed by atoms with van der Waals surface area (Å²) in [4.78, 5) is 0.364. The van der Waals surface area contributed by atoms with Gasteiger partial charge in [-0.05, 0) is 59.5 Å². The molecule has 1 saturated heterocycles. The summed E-state index contributed by atoms with van der Waals surface area (Å²) in [5, 5.41) is 4.04. The molecule has 1 fully saturated rings. The Morgan fingerprint density at radius 2 is 1.95 bits per heavy atom. The van der Waals surface area contributed by atoms with Gasteiger partial charge in [-0.3, -0.25) is 0 Å². The zero-order chi connectivity index (χ0) is 14.2. The molecule has 0 aliphatic carbocycles. The molecule has 0 saturated carbocycles. The predicted octanol–water partition coefficient (Wildman–Crippen LogP) is 4.04. The maximum Gasteiger partial charge on any atom is 0.243 e. The number of benzene rings is 1. The maximum atomic E-state index is 12.8. The van der Waals surface area contributed by atoms with Crippen molar-refractivity contribution in [3.8, 4) is 0 Å². The highest BCUT2D eigenvalue weighted by molar-refractivity contribution is 9.10. The lowest BCUT2D eigenvalue weighted by Gasteiger charge is -2.23. The summed E-state index contributed by atoms with van der Waals surface area (Å²) < 4.78 is 28.0. The third kappa shape index (κ3) is 2.57. The molecule has 1 aromatic carbocycles. The summed E-state index contributed by atoms with van der Waals surface area (Å²) in [6.07, 6.45) is 1.81. The van der Waals surface area contributed by atoms with E-state index in [0.717, 1.165) is 22.9 Å². The second-order valence-electron chi connectivity index (χ2n) is 4.78. The van der Waals surface area contributed by atoms with Crippen LogP contribution in [0.2, 0.25) is 0 Å². The van der Waals surface area contributed by atoms with Crippen LogP contribution in [0.4, 0.5) is 0 Å².